The summed E-state index contributed by atoms with van der Waals surface area (Å²) in [7, 11) is 1.84. The van der Waals surface area contributed by atoms with E-state index in [2.05, 4.69) is 22.7 Å². The predicted octanol–water partition coefficient (Wildman–Crippen LogP) is -0.987. The highest BCUT2D eigenvalue weighted by Crippen LogP contribution is 1.60. The fourth-order valence-electron chi connectivity index (χ4n) is 0.388. The number of hydrazine groups is 1. The van der Waals surface area contributed by atoms with E-state index in [1.807, 2.05) is 7.05 Å². The maximum atomic E-state index is 10.5. The average molecular weight is 143 g/mol. The van der Waals surface area contributed by atoms with Gasteiger partial charge >= 0.3 is 0 Å². The molecule has 0 atom stereocenters. The Hall–Kier alpha value is -0.870. The largest absolute Gasteiger partial charge is 0.318 e. The smallest absolute Gasteiger partial charge is 0.257 e. The second-order valence-corrected chi connectivity index (χ2v) is 1.72. The summed E-state index contributed by atoms with van der Waals surface area (Å²) in [5.41, 5.74) is 5.12. The van der Waals surface area contributed by atoms with Crippen LogP contribution >= 0.6 is 0 Å². The van der Waals surface area contributed by atoms with Crippen LogP contribution in [-0.4, -0.2) is 26.0 Å². The van der Waals surface area contributed by atoms with Gasteiger partial charge in [0.25, 0.3) is 5.91 Å². The van der Waals surface area contributed by atoms with E-state index in [1.54, 1.807) is 0 Å². The van der Waals surface area contributed by atoms with Crippen molar-refractivity contribution in [2.24, 2.45) is 0 Å². The van der Waals surface area contributed by atoms with Crippen LogP contribution in [-0.2, 0) is 4.79 Å². The highest BCUT2D eigenvalue weighted by atomic mass is 16.2. The summed E-state index contributed by atoms with van der Waals surface area (Å²) in [6.45, 7) is 4.81. The van der Waals surface area contributed by atoms with Crippen molar-refractivity contribution in [2.45, 2.75) is 0 Å². The first-order valence-corrected chi connectivity index (χ1v) is 3.11. The maximum absolute atomic E-state index is 10.5. The number of amides is 1. The number of carbonyl (C=O) groups excluding carboxylic acids is 1. The van der Waals surface area contributed by atoms with Crippen molar-refractivity contribution in [2.75, 3.05) is 20.1 Å². The molecule has 0 aromatic rings. The molecular weight excluding hydrogens is 130 g/mol. The number of nitrogens with one attached hydrogen (secondary N) is 3. The highest BCUT2D eigenvalue weighted by Gasteiger charge is 1.88. The van der Waals surface area contributed by atoms with Crippen LogP contribution in [0.3, 0.4) is 0 Å². The molecule has 4 nitrogen and oxygen atoms in total. The van der Waals surface area contributed by atoms with Crippen molar-refractivity contribution in [3.8, 4) is 0 Å². The van der Waals surface area contributed by atoms with Gasteiger partial charge in [0, 0.05) is 13.1 Å². The summed E-state index contributed by atoms with van der Waals surface area (Å²) in [6, 6.07) is 0. The zero-order valence-electron chi connectivity index (χ0n) is 6.11. The monoisotopic (exact) mass is 143 g/mol. The number of likely N-dealkylation sites (N-methyl/N-ethyl adjacent to an activating group) is 1. The van der Waals surface area contributed by atoms with Crippen LogP contribution < -0.4 is 16.2 Å². The summed E-state index contributed by atoms with van der Waals surface area (Å²) in [6.07, 6.45) is 1.21. The van der Waals surface area contributed by atoms with Gasteiger partial charge in [-0.3, -0.25) is 10.2 Å². The first kappa shape index (κ1) is 9.13. The second-order valence-electron chi connectivity index (χ2n) is 1.72. The molecule has 3 N–H and O–H groups in total. The van der Waals surface area contributed by atoms with Gasteiger partial charge in [-0.1, -0.05) is 6.58 Å². The molecule has 0 saturated carbocycles. The summed E-state index contributed by atoms with van der Waals surface area (Å²) >= 11 is 0. The van der Waals surface area contributed by atoms with E-state index in [0.717, 1.165) is 6.54 Å². The third-order valence-electron chi connectivity index (χ3n) is 0.897. The Labute approximate surface area is 60.7 Å². The number of rotatable bonds is 5. The molecule has 0 saturated heterocycles. The van der Waals surface area contributed by atoms with Crippen molar-refractivity contribution in [1.29, 1.82) is 0 Å². The van der Waals surface area contributed by atoms with Crippen molar-refractivity contribution in [1.82, 2.24) is 16.2 Å². The van der Waals surface area contributed by atoms with Gasteiger partial charge in [-0.2, -0.15) is 0 Å². The summed E-state index contributed by atoms with van der Waals surface area (Å²) in [5.74, 6) is -0.212. The van der Waals surface area contributed by atoms with Crippen molar-refractivity contribution < 1.29 is 4.79 Å². The van der Waals surface area contributed by atoms with Gasteiger partial charge in [0.15, 0.2) is 0 Å². The van der Waals surface area contributed by atoms with Crippen molar-refractivity contribution in [3.63, 3.8) is 0 Å². The van der Waals surface area contributed by atoms with Crippen LogP contribution in [0.15, 0.2) is 12.7 Å². The number of carbonyl (C=O) groups is 1. The zero-order chi connectivity index (χ0) is 7.82. The molecule has 0 aliphatic rings. The van der Waals surface area contributed by atoms with Crippen molar-refractivity contribution in [3.05, 3.63) is 12.7 Å². The number of hydrogen-bond acceptors (Lipinski definition) is 3. The standard InChI is InChI=1S/C6H13N3O/c1-3-6(10)9-8-5-4-7-2/h3,7-8H,1,4-5H2,2H3,(H,9,10). The van der Waals surface area contributed by atoms with Crippen LogP contribution in [0.5, 0.6) is 0 Å². The SMILES string of the molecule is C=CC(=O)NNCCNC. The molecule has 58 valence electrons. The Morgan fingerprint density at radius 3 is 2.80 bits per heavy atom. The third kappa shape index (κ3) is 5.27. The Balaban J connectivity index is 3.03. The minimum absolute atomic E-state index is 0.212. The second kappa shape index (κ2) is 6.25. The van der Waals surface area contributed by atoms with Gasteiger partial charge in [0.05, 0.1) is 0 Å². The maximum Gasteiger partial charge on any atom is 0.257 e. The molecule has 10 heavy (non-hydrogen) atoms. The summed E-state index contributed by atoms with van der Waals surface area (Å²) in [5, 5.41) is 2.92. The summed E-state index contributed by atoms with van der Waals surface area (Å²) < 4.78 is 0. The molecule has 0 fully saturated rings. The molecule has 0 aromatic heterocycles. The van der Waals surface area contributed by atoms with Crippen LogP contribution in [0, 0.1) is 0 Å². The molecule has 0 radical (unpaired) electrons. The Kier molecular flexibility index (Phi) is 5.71. The lowest BCUT2D eigenvalue weighted by molar-refractivity contribution is -0.117. The lowest BCUT2D eigenvalue weighted by Crippen LogP contribution is -2.39. The van der Waals surface area contributed by atoms with Gasteiger partial charge in [-0.05, 0) is 13.1 Å². The lowest BCUT2D eigenvalue weighted by atomic mass is 10.6. The predicted molar refractivity (Wildman–Crippen MR) is 40.3 cm³/mol. The quantitative estimate of drug-likeness (QED) is 0.263. The van der Waals surface area contributed by atoms with Gasteiger partial charge in [0.2, 0.25) is 0 Å². The van der Waals surface area contributed by atoms with E-state index in [9.17, 15) is 4.79 Å². The van der Waals surface area contributed by atoms with Crippen LogP contribution in [0.25, 0.3) is 0 Å². The first-order chi connectivity index (χ1) is 4.81. The topological polar surface area (TPSA) is 53.2 Å². The fourth-order valence-corrected chi connectivity index (χ4v) is 0.388. The molecule has 0 bridgehead atoms. The zero-order valence-corrected chi connectivity index (χ0v) is 6.11. The normalized spacial score (nSPS) is 8.90. The Morgan fingerprint density at radius 2 is 2.30 bits per heavy atom. The van der Waals surface area contributed by atoms with Gasteiger partial charge < -0.3 is 5.32 Å². The van der Waals surface area contributed by atoms with E-state index in [1.165, 1.54) is 6.08 Å². The van der Waals surface area contributed by atoms with Gasteiger partial charge in [-0.25, -0.2) is 5.43 Å². The highest BCUT2D eigenvalue weighted by molar-refractivity contribution is 5.86. The van der Waals surface area contributed by atoms with Crippen LogP contribution in [0.4, 0.5) is 0 Å². The molecule has 0 spiro atoms. The molecule has 4 heteroatoms. The molecule has 0 unspecified atom stereocenters. The first-order valence-electron chi connectivity index (χ1n) is 3.11. The molecule has 0 aliphatic carbocycles. The van der Waals surface area contributed by atoms with E-state index in [-0.39, 0.29) is 5.91 Å². The molecule has 0 aromatic carbocycles. The molecule has 1 amide bonds. The van der Waals surface area contributed by atoms with E-state index < -0.39 is 0 Å². The van der Waals surface area contributed by atoms with Gasteiger partial charge in [0.1, 0.15) is 0 Å². The minimum atomic E-state index is -0.212. The van der Waals surface area contributed by atoms with Crippen molar-refractivity contribution >= 4 is 5.91 Å². The third-order valence-corrected chi connectivity index (χ3v) is 0.897. The summed E-state index contributed by atoms with van der Waals surface area (Å²) in [4.78, 5) is 10.5. The average Bonchev–Trinajstić information content (AvgIpc) is 1.98. The lowest BCUT2D eigenvalue weighted by Gasteiger charge is -2.02. The van der Waals surface area contributed by atoms with Crippen LogP contribution in [0.2, 0.25) is 0 Å². The van der Waals surface area contributed by atoms with E-state index in [4.69, 9.17) is 0 Å². The molecule has 0 aliphatic heterocycles. The number of hydrogen-bond donors (Lipinski definition) is 3. The van der Waals surface area contributed by atoms with Gasteiger partial charge in [-0.15, -0.1) is 0 Å². The fraction of sp³-hybridized carbons (Fsp3) is 0.500. The minimum Gasteiger partial charge on any atom is -0.318 e. The molecular formula is C6H13N3O. The van der Waals surface area contributed by atoms with E-state index >= 15 is 0 Å². The molecule has 0 rings (SSSR count). The van der Waals surface area contributed by atoms with E-state index in [0.29, 0.717) is 6.54 Å². The Morgan fingerprint density at radius 1 is 1.60 bits per heavy atom. The molecule has 0 heterocycles. The Bertz CT molecular complexity index is 114. The van der Waals surface area contributed by atoms with Crippen LogP contribution in [0.1, 0.15) is 0 Å².